The van der Waals surface area contributed by atoms with Crippen molar-refractivity contribution in [3.63, 3.8) is 0 Å². The zero-order chi connectivity index (χ0) is 13.9. The molecule has 0 radical (unpaired) electrons. The van der Waals surface area contributed by atoms with Gasteiger partial charge in [0, 0.05) is 14.2 Å². The molecule has 0 unspecified atom stereocenters. The van der Waals surface area contributed by atoms with Crippen molar-refractivity contribution in [2.24, 2.45) is 0 Å². The molecular formula is C9H19O8P. The van der Waals surface area contributed by atoms with Crippen LogP contribution in [0, 0.1) is 0 Å². The molecule has 0 aromatic rings. The van der Waals surface area contributed by atoms with Crippen molar-refractivity contribution in [2.45, 2.75) is 30.5 Å². The summed E-state index contributed by atoms with van der Waals surface area (Å²) in [5, 5.41) is 37.8. The van der Waals surface area contributed by atoms with Gasteiger partial charge in [-0.3, -0.25) is 4.57 Å². The quantitative estimate of drug-likeness (QED) is 0.441. The molecule has 1 rings (SSSR count). The van der Waals surface area contributed by atoms with Gasteiger partial charge >= 0.3 is 7.60 Å². The fourth-order valence-electron chi connectivity index (χ4n) is 1.77. The Morgan fingerprint density at radius 3 is 2.00 bits per heavy atom. The number of ether oxygens (including phenoxy) is 1. The van der Waals surface area contributed by atoms with Crippen LogP contribution in [0.2, 0.25) is 0 Å². The molecule has 1 fully saturated rings. The molecule has 0 spiro atoms. The average molecular weight is 286 g/mol. The first-order chi connectivity index (χ1) is 8.38. The van der Waals surface area contributed by atoms with E-state index in [4.69, 9.17) is 18.9 Å². The number of rotatable bonds is 5. The highest BCUT2D eigenvalue weighted by molar-refractivity contribution is 7.53. The van der Waals surface area contributed by atoms with E-state index in [1.165, 1.54) is 14.2 Å². The molecule has 0 aromatic carbocycles. The monoisotopic (exact) mass is 286 g/mol. The van der Waals surface area contributed by atoms with Crippen LogP contribution in [0.1, 0.15) is 0 Å². The first-order valence-corrected chi connectivity index (χ1v) is 7.12. The van der Waals surface area contributed by atoms with Gasteiger partial charge in [-0.1, -0.05) is 0 Å². The summed E-state index contributed by atoms with van der Waals surface area (Å²) in [6.07, 6.45) is -6.77. The van der Waals surface area contributed by atoms with E-state index in [0.717, 1.165) is 0 Å². The Morgan fingerprint density at radius 2 is 1.56 bits per heavy atom. The van der Waals surface area contributed by atoms with Crippen LogP contribution in [0.15, 0.2) is 0 Å². The first kappa shape index (κ1) is 16.0. The van der Waals surface area contributed by atoms with Gasteiger partial charge in [0.15, 0.2) is 0 Å². The lowest BCUT2D eigenvalue weighted by Crippen LogP contribution is -2.59. The molecule has 0 aromatic heterocycles. The van der Waals surface area contributed by atoms with E-state index in [9.17, 15) is 19.9 Å². The largest absolute Gasteiger partial charge is 0.394 e. The summed E-state index contributed by atoms with van der Waals surface area (Å²) in [6.45, 7) is -0.536. The molecule has 5 atom stereocenters. The van der Waals surface area contributed by atoms with Crippen molar-refractivity contribution in [1.82, 2.24) is 0 Å². The third-order valence-electron chi connectivity index (χ3n) is 2.95. The van der Waals surface area contributed by atoms with Gasteiger partial charge in [0.25, 0.3) is 0 Å². The van der Waals surface area contributed by atoms with E-state index in [1.54, 1.807) is 0 Å². The van der Waals surface area contributed by atoms with Gasteiger partial charge in [0.1, 0.15) is 24.4 Å². The second-order valence-corrected chi connectivity index (χ2v) is 6.34. The summed E-state index contributed by atoms with van der Waals surface area (Å²) in [7, 11) is -1.05. The highest BCUT2D eigenvalue weighted by Crippen LogP contribution is 2.48. The van der Waals surface area contributed by atoms with Crippen molar-refractivity contribution >= 4 is 7.60 Å². The van der Waals surface area contributed by atoms with E-state index in [1.807, 2.05) is 0 Å². The molecule has 0 amide bonds. The molecule has 4 N–H and O–H groups in total. The Labute approximate surface area is 105 Å². The Balaban J connectivity index is 2.79. The predicted molar refractivity (Wildman–Crippen MR) is 60.3 cm³/mol. The number of hydrogen-bond acceptors (Lipinski definition) is 8. The number of aliphatic hydroxyl groups is 4. The Bertz CT molecular complexity index is 301. The SMILES string of the molecule is COP(=O)(C[C@@H]1O[C@H](CO)[C@@H](O)[C@H](O)[C@@H]1O)OC. The van der Waals surface area contributed by atoms with E-state index >= 15 is 0 Å². The molecule has 0 aliphatic carbocycles. The fourth-order valence-corrected chi connectivity index (χ4v) is 2.96. The van der Waals surface area contributed by atoms with Crippen molar-refractivity contribution in [3.05, 3.63) is 0 Å². The van der Waals surface area contributed by atoms with Crippen LogP contribution in [0.4, 0.5) is 0 Å². The van der Waals surface area contributed by atoms with Crippen LogP contribution in [-0.2, 0) is 18.3 Å². The lowest BCUT2D eigenvalue weighted by atomic mass is 9.96. The Morgan fingerprint density at radius 1 is 1.06 bits per heavy atom. The smallest absolute Gasteiger partial charge is 0.332 e. The first-order valence-electron chi connectivity index (χ1n) is 5.39. The van der Waals surface area contributed by atoms with Crippen molar-refractivity contribution in [3.8, 4) is 0 Å². The van der Waals surface area contributed by atoms with Gasteiger partial charge in [0.05, 0.1) is 18.9 Å². The molecular weight excluding hydrogens is 267 g/mol. The summed E-state index contributed by atoms with van der Waals surface area (Å²) in [4.78, 5) is 0. The summed E-state index contributed by atoms with van der Waals surface area (Å²) in [6, 6.07) is 0. The van der Waals surface area contributed by atoms with Gasteiger partial charge in [-0.05, 0) is 0 Å². The summed E-state index contributed by atoms with van der Waals surface area (Å²) < 4.78 is 26.5. The van der Waals surface area contributed by atoms with Crippen molar-refractivity contribution in [1.29, 1.82) is 0 Å². The summed E-state index contributed by atoms with van der Waals surface area (Å²) >= 11 is 0. The molecule has 1 saturated heterocycles. The summed E-state index contributed by atoms with van der Waals surface area (Å²) in [5.41, 5.74) is 0. The van der Waals surface area contributed by atoms with E-state index < -0.39 is 44.7 Å². The number of aliphatic hydroxyl groups excluding tert-OH is 4. The van der Waals surface area contributed by atoms with Crippen molar-refractivity contribution in [2.75, 3.05) is 27.0 Å². The normalized spacial score (nSPS) is 37.8. The third-order valence-corrected chi connectivity index (χ3v) is 4.87. The van der Waals surface area contributed by atoms with E-state index in [-0.39, 0.29) is 6.16 Å². The number of hydrogen-bond donors (Lipinski definition) is 4. The van der Waals surface area contributed by atoms with Crippen LogP contribution in [-0.4, -0.2) is 77.9 Å². The lowest BCUT2D eigenvalue weighted by Gasteiger charge is -2.40. The Kier molecular flexibility index (Phi) is 5.69. The third kappa shape index (κ3) is 3.28. The molecule has 0 saturated carbocycles. The van der Waals surface area contributed by atoms with E-state index in [2.05, 4.69) is 0 Å². The molecule has 108 valence electrons. The topological polar surface area (TPSA) is 126 Å². The lowest BCUT2D eigenvalue weighted by molar-refractivity contribution is -0.223. The average Bonchev–Trinajstić information content (AvgIpc) is 2.39. The van der Waals surface area contributed by atoms with Crippen LogP contribution in [0.3, 0.4) is 0 Å². The van der Waals surface area contributed by atoms with Crippen LogP contribution in [0.25, 0.3) is 0 Å². The maximum Gasteiger partial charge on any atom is 0.332 e. The second kappa shape index (κ2) is 6.40. The zero-order valence-electron chi connectivity index (χ0n) is 10.2. The van der Waals surface area contributed by atoms with E-state index in [0.29, 0.717) is 0 Å². The molecule has 1 heterocycles. The minimum atomic E-state index is -3.43. The zero-order valence-corrected chi connectivity index (χ0v) is 11.1. The minimum absolute atomic E-state index is 0.290. The van der Waals surface area contributed by atoms with Gasteiger partial charge in [-0.25, -0.2) is 0 Å². The van der Waals surface area contributed by atoms with Crippen molar-refractivity contribution < 1.29 is 38.8 Å². The van der Waals surface area contributed by atoms with Crippen LogP contribution >= 0.6 is 7.60 Å². The highest BCUT2D eigenvalue weighted by Gasteiger charge is 2.46. The molecule has 18 heavy (non-hydrogen) atoms. The highest BCUT2D eigenvalue weighted by atomic mass is 31.2. The maximum absolute atomic E-state index is 11.9. The van der Waals surface area contributed by atoms with Gasteiger partial charge in [-0.15, -0.1) is 0 Å². The predicted octanol–water partition coefficient (Wildman–Crippen LogP) is -1.69. The van der Waals surface area contributed by atoms with Gasteiger partial charge in [-0.2, -0.15) is 0 Å². The van der Waals surface area contributed by atoms with Crippen LogP contribution in [0.5, 0.6) is 0 Å². The minimum Gasteiger partial charge on any atom is -0.394 e. The van der Waals surface area contributed by atoms with Gasteiger partial charge < -0.3 is 34.2 Å². The Hall–Kier alpha value is -0.0500. The van der Waals surface area contributed by atoms with Crippen LogP contribution < -0.4 is 0 Å². The maximum atomic E-state index is 11.9. The molecule has 1 aliphatic rings. The standard InChI is InChI=1S/C9H19O8P/c1-15-18(14,16-2)4-6-8(12)9(13)7(11)5(3-10)17-6/h5-13H,3-4H2,1-2H3/t5-,6+,7-,8-,9+/m1/s1. The summed E-state index contributed by atoms with van der Waals surface area (Å²) in [5.74, 6) is 0. The molecule has 0 bridgehead atoms. The molecule has 9 heteroatoms. The fraction of sp³-hybridized carbons (Fsp3) is 1.00. The molecule has 8 nitrogen and oxygen atoms in total. The van der Waals surface area contributed by atoms with Gasteiger partial charge in [0.2, 0.25) is 0 Å². The molecule has 1 aliphatic heterocycles. The second-order valence-electron chi connectivity index (χ2n) is 4.03.